The van der Waals surface area contributed by atoms with Gasteiger partial charge in [-0.1, -0.05) is 5.92 Å². The minimum atomic E-state index is -4.27. The van der Waals surface area contributed by atoms with Crippen LogP contribution in [0.4, 0.5) is 8.78 Å². The molecule has 0 aliphatic rings. The van der Waals surface area contributed by atoms with E-state index in [0.717, 1.165) is 0 Å². The third-order valence-electron chi connectivity index (χ3n) is 2.28. The van der Waals surface area contributed by atoms with Gasteiger partial charge in [-0.15, -0.1) is 18.2 Å². The van der Waals surface area contributed by atoms with Crippen molar-refractivity contribution in [2.45, 2.75) is 4.90 Å². The largest absolute Gasteiger partial charge is 0.477 e. The molecule has 0 aliphatic heterocycles. The van der Waals surface area contributed by atoms with E-state index in [1.54, 1.807) is 0 Å². The highest BCUT2D eigenvalue weighted by molar-refractivity contribution is 7.99. The Kier molecular flexibility index (Phi) is 6.14. The zero-order chi connectivity index (χ0) is 16.0. The Morgan fingerprint density at radius 3 is 2.67 bits per heavy atom. The number of carboxylic acid groups (broad SMARTS) is 1. The number of sulfonamides is 1. The summed E-state index contributed by atoms with van der Waals surface area (Å²) in [6.07, 6.45) is 5.02. The van der Waals surface area contributed by atoms with Crippen molar-refractivity contribution in [2.75, 3.05) is 18.1 Å². The lowest BCUT2D eigenvalue weighted by Crippen LogP contribution is -2.27. The van der Waals surface area contributed by atoms with Gasteiger partial charge in [0.15, 0.2) is 5.82 Å². The molecule has 0 amide bonds. The Balaban J connectivity index is 2.97. The molecule has 21 heavy (non-hydrogen) atoms. The summed E-state index contributed by atoms with van der Waals surface area (Å²) in [5.41, 5.74) is -1.31. The van der Waals surface area contributed by atoms with E-state index in [4.69, 9.17) is 11.5 Å². The lowest BCUT2D eigenvalue weighted by molar-refractivity contribution is 0.0685. The van der Waals surface area contributed by atoms with E-state index < -0.39 is 38.1 Å². The minimum Gasteiger partial charge on any atom is -0.477 e. The number of nitrogens with one attached hydrogen (secondary N) is 1. The van der Waals surface area contributed by atoms with Crippen LogP contribution in [0.1, 0.15) is 10.4 Å². The molecule has 9 heteroatoms. The summed E-state index contributed by atoms with van der Waals surface area (Å²) in [5, 5.41) is 8.69. The second kappa shape index (κ2) is 7.40. The molecule has 0 spiro atoms. The molecular weight excluding hydrogens is 324 g/mol. The van der Waals surface area contributed by atoms with Crippen molar-refractivity contribution in [3.8, 4) is 12.3 Å². The molecule has 0 aliphatic carbocycles. The van der Waals surface area contributed by atoms with Gasteiger partial charge in [-0.3, -0.25) is 0 Å². The number of benzene rings is 1. The number of aromatic carboxylic acids is 1. The Hall–Kier alpha value is -1.63. The van der Waals surface area contributed by atoms with Crippen molar-refractivity contribution in [3.63, 3.8) is 0 Å². The van der Waals surface area contributed by atoms with Crippen LogP contribution in [0.5, 0.6) is 0 Å². The third-order valence-corrected chi connectivity index (χ3v) is 4.63. The number of carbonyl (C=O) groups is 1. The first-order valence-corrected chi connectivity index (χ1v) is 8.17. The Bertz CT molecular complexity index is 683. The van der Waals surface area contributed by atoms with Crippen LogP contribution in [0.2, 0.25) is 0 Å². The molecule has 1 rings (SSSR count). The van der Waals surface area contributed by atoms with Gasteiger partial charge in [0.05, 0.1) is 5.75 Å². The summed E-state index contributed by atoms with van der Waals surface area (Å²) in [4.78, 5) is 9.82. The topological polar surface area (TPSA) is 83.5 Å². The van der Waals surface area contributed by atoms with Crippen molar-refractivity contribution in [1.29, 1.82) is 0 Å². The Morgan fingerprint density at radius 2 is 2.10 bits per heavy atom. The minimum absolute atomic E-state index is 0.0199. The van der Waals surface area contributed by atoms with Gasteiger partial charge in [-0.2, -0.15) is 0 Å². The zero-order valence-electron chi connectivity index (χ0n) is 10.6. The van der Waals surface area contributed by atoms with Crippen molar-refractivity contribution < 1.29 is 27.1 Å². The van der Waals surface area contributed by atoms with Gasteiger partial charge in [-0.05, 0) is 12.1 Å². The highest BCUT2D eigenvalue weighted by Crippen LogP contribution is 2.21. The third kappa shape index (κ3) is 4.42. The van der Waals surface area contributed by atoms with E-state index in [0.29, 0.717) is 23.6 Å². The Labute approximate surface area is 124 Å². The molecule has 1 aromatic rings. The van der Waals surface area contributed by atoms with Gasteiger partial charge in [-0.25, -0.2) is 26.7 Å². The van der Waals surface area contributed by atoms with Crippen LogP contribution in [0, 0.1) is 24.0 Å². The summed E-state index contributed by atoms with van der Waals surface area (Å²) >= 11 is 1.29. The number of thioether (sulfide) groups is 1. The van der Waals surface area contributed by atoms with Crippen molar-refractivity contribution >= 4 is 27.8 Å². The summed E-state index contributed by atoms with van der Waals surface area (Å²) in [5.74, 6) is -1.75. The average molecular weight is 335 g/mol. The lowest BCUT2D eigenvalue weighted by Gasteiger charge is -2.09. The zero-order valence-corrected chi connectivity index (χ0v) is 12.2. The van der Waals surface area contributed by atoms with Crippen LogP contribution in [0.3, 0.4) is 0 Å². The SMILES string of the molecule is C#CCSCCNS(=O)(=O)c1ccc(F)c(C(=O)O)c1F. The van der Waals surface area contributed by atoms with E-state index >= 15 is 0 Å². The molecule has 0 radical (unpaired) electrons. The first kappa shape index (κ1) is 17.4. The van der Waals surface area contributed by atoms with E-state index in [9.17, 15) is 22.0 Å². The molecule has 5 nitrogen and oxygen atoms in total. The number of hydrogen-bond donors (Lipinski definition) is 2. The fraction of sp³-hybridized carbons (Fsp3) is 0.250. The summed E-state index contributed by atoms with van der Waals surface area (Å²) in [6.45, 7) is -0.0199. The second-order valence-electron chi connectivity index (χ2n) is 3.69. The molecule has 0 saturated heterocycles. The maximum absolute atomic E-state index is 13.8. The molecule has 2 N–H and O–H groups in total. The highest BCUT2D eigenvalue weighted by atomic mass is 32.2. The molecule has 0 heterocycles. The summed E-state index contributed by atoms with van der Waals surface area (Å²) in [7, 11) is -4.27. The Morgan fingerprint density at radius 1 is 1.43 bits per heavy atom. The number of hydrogen-bond acceptors (Lipinski definition) is 4. The fourth-order valence-corrected chi connectivity index (χ4v) is 3.14. The molecule has 0 saturated carbocycles. The van der Waals surface area contributed by atoms with Gasteiger partial charge in [0.25, 0.3) is 0 Å². The predicted octanol–water partition coefficient (Wildman–Crippen LogP) is 1.31. The van der Waals surface area contributed by atoms with Gasteiger partial charge < -0.3 is 5.11 Å². The van der Waals surface area contributed by atoms with Crippen LogP contribution in [0.15, 0.2) is 17.0 Å². The van der Waals surface area contributed by atoms with E-state index in [-0.39, 0.29) is 6.54 Å². The van der Waals surface area contributed by atoms with Crippen molar-refractivity contribution in [3.05, 3.63) is 29.3 Å². The molecular formula is C12H11F2NO4S2. The molecule has 0 unspecified atom stereocenters. The van der Waals surface area contributed by atoms with Crippen LogP contribution in [0.25, 0.3) is 0 Å². The average Bonchev–Trinajstić information content (AvgIpc) is 2.37. The molecule has 0 fully saturated rings. The maximum Gasteiger partial charge on any atom is 0.341 e. The normalized spacial score (nSPS) is 11.1. The standard InChI is InChI=1S/C12H11F2NO4S2/c1-2-6-20-7-5-15-21(18,19)9-4-3-8(13)10(11(9)14)12(16)17/h1,3-4,15H,5-7H2,(H,16,17). The van der Waals surface area contributed by atoms with Crippen molar-refractivity contribution in [2.24, 2.45) is 0 Å². The number of halogens is 2. The lowest BCUT2D eigenvalue weighted by atomic mass is 10.2. The van der Waals surface area contributed by atoms with E-state index in [2.05, 4.69) is 10.6 Å². The predicted molar refractivity (Wildman–Crippen MR) is 74.7 cm³/mol. The quantitative estimate of drug-likeness (QED) is 0.580. The second-order valence-corrected chi connectivity index (χ2v) is 6.53. The van der Waals surface area contributed by atoms with Crippen molar-refractivity contribution in [1.82, 2.24) is 4.72 Å². The molecule has 0 atom stereocenters. The van der Waals surface area contributed by atoms with Crippen LogP contribution in [-0.4, -0.2) is 37.5 Å². The van der Waals surface area contributed by atoms with Crippen LogP contribution >= 0.6 is 11.8 Å². The first-order chi connectivity index (χ1) is 9.81. The molecule has 0 aromatic heterocycles. The number of carboxylic acids is 1. The van der Waals surface area contributed by atoms with Gasteiger partial charge >= 0.3 is 5.97 Å². The van der Waals surface area contributed by atoms with Gasteiger partial charge in [0.1, 0.15) is 16.3 Å². The molecule has 0 bridgehead atoms. The van der Waals surface area contributed by atoms with Crippen LogP contribution in [-0.2, 0) is 10.0 Å². The highest BCUT2D eigenvalue weighted by Gasteiger charge is 2.26. The summed E-state index contributed by atoms with van der Waals surface area (Å²) in [6, 6.07) is 1.27. The fourth-order valence-electron chi connectivity index (χ4n) is 1.39. The van der Waals surface area contributed by atoms with Gasteiger partial charge in [0.2, 0.25) is 10.0 Å². The number of terminal acetylenes is 1. The van der Waals surface area contributed by atoms with E-state index in [1.807, 2.05) is 0 Å². The number of rotatable bonds is 7. The monoisotopic (exact) mass is 335 g/mol. The van der Waals surface area contributed by atoms with Gasteiger partial charge in [0, 0.05) is 12.3 Å². The van der Waals surface area contributed by atoms with E-state index in [1.165, 1.54) is 11.8 Å². The maximum atomic E-state index is 13.8. The molecule has 114 valence electrons. The molecule has 1 aromatic carbocycles. The smallest absolute Gasteiger partial charge is 0.341 e. The summed E-state index contributed by atoms with van der Waals surface area (Å²) < 4.78 is 52.8. The van der Waals surface area contributed by atoms with Crippen LogP contribution < -0.4 is 4.72 Å². The first-order valence-electron chi connectivity index (χ1n) is 5.53.